The van der Waals surface area contributed by atoms with Crippen molar-refractivity contribution in [2.24, 2.45) is 4.99 Å². The van der Waals surface area contributed by atoms with Crippen molar-refractivity contribution in [3.63, 3.8) is 0 Å². The van der Waals surface area contributed by atoms with Crippen LogP contribution in [0.4, 0.5) is 0 Å². The second kappa shape index (κ2) is 14.9. The predicted molar refractivity (Wildman–Crippen MR) is 171 cm³/mol. The van der Waals surface area contributed by atoms with Crippen molar-refractivity contribution in [3.8, 4) is 5.75 Å². The van der Waals surface area contributed by atoms with Gasteiger partial charge in [0, 0.05) is 41.6 Å². The van der Waals surface area contributed by atoms with Crippen LogP contribution in [-0.2, 0) is 25.5 Å². The molecule has 8 nitrogen and oxygen atoms in total. The number of amides is 1. The number of hydrogen-bond donors (Lipinski definition) is 2. The summed E-state index contributed by atoms with van der Waals surface area (Å²) in [6.45, 7) is 6.11. The Hall–Kier alpha value is -3.59. The number of aliphatic hydroxyl groups is 1. The fraction of sp³-hybridized carbons (Fsp3) is 0.382. The van der Waals surface area contributed by atoms with Gasteiger partial charge in [0.05, 0.1) is 6.61 Å². The van der Waals surface area contributed by atoms with E-state index in [1.165, 1.54) is 0 Å². The number of ether oxygens (including phenoxy) is 3. The van der Waals surface area contributed by atoms with Crippen molar-refractivity contribution in [1.29, 1.82) is 0 Å². The maximum Gasteiger partial charge on any atom is 0.306 e. The largest absolute Gasteiger partial charge is 0.494 e. The Morgan fingerprint density at radius 3 is 2.43 bits per heavy atom. The molecule has 0 fully saturated rings. The van der Waals surface area contributed by atoms with Crippen LogP contribution < -0.4 is 10.1 Å². The Morgan fingerprint density at radius 1 is 1.05 bits per heavy atom. The number of hydrogen-bond acceptors (Lipinski definition) is 7. The highest BCUT2D eigenvalue weighted by Crippen LogP contribution is 2.43. The number of aliphatic hydroxyl groups excluding tert-OH is 1. The number of nitrogens with one attached hydrogen (secondary N) is 1. The fourth-order valence-electron chi connectivity index (χ4n) is 4.87. The molecule has 0 bridgehead atoms. The van der Waals surface area contributed by atoms with E-state index in [1.54, 1.807) is 57.2 Å². The lowest BCUT2D eigenvalue weighted by atomic mass is 9.83. The van der Waals surface area contributed by atoms with Crippen LogP contribution >= 0.6 is 23.2 Å². The highest BCUT2D eigenvalue weighted by atomic mass is 35.5. The minimum Gasteiger partial charge on any atom is -0.494 e. The van der Waals surface area contributed by atoms with Crippen molar-refractivity contribution in [2.45, 2.75) is 63.7 Å². The van der Waals surface area contributed by atoms with E-state index in [-0.39, 0.29) is 37.8 Å². The van der Waals surface area contributed by atoms with E-state index in [0.717, 1.165) is 11.1 Å². The van der Waals surface area contributed by atoms with Gasteiger partial charge in [-0.3, -0.25) is 9.59 Å². The molecule has 0 unspecified atom stereocenters. The summed E-state index contributed by atoms with van der Waals surface area (Å²) in [5.41, 5.74) is 0.0981. The summed E-state index contributed by atoms with van der Waals surface area (Å²) in [6.07, 6.45) is 0.196. The molecular weight excluding hydrogens is 603 g/mol. The third-order valence-corrected chi connectivity index (χ3v) is 7.54. The second-order valence-electron chi connectivity index (χ2n) is 11.5. The summed E-state index contributed by atoms with van der Waals surface area (Å²) in [4.78, 5) is 32.0. The molecule has 1 amide bonds. The van der Waals surface area contributed by atoms with Crippen LogP contribution in [0, 0.1) is 0 Å². The van der Waals surface area contributed by atoms with Gasteiger partial charge in [-0.2, -0.15) is 0 Å². The van der Waals surface area contributed by atoms with Gasteiger partial charge in [0.15, 0.2) is 11.6 Å². The quantitative estimate of drug-likeness (QED) is 0.163. The maximum atomic E-state index is 14.2. The minimum atomic E-state index is -1.46. The third-order valence-electron chi connectivity index (χ3n) is 6.96. The van der Waals surface area contributed by atoms with E-state index in [0.29, 0.717) is 40.8 Å². The molecule has 0 saturated heterocycles. The van der Waals surface area contributed by atoms with Gasteiger partial charge in [0.2, 0.25) is 5.90 Å². The minimum absolute atomic E-state index is 0.0454. The van der Waals surface area contributed by atoms with Crippen LogP contribution in [0.2, 0.25) is 10.0 Å². The van der Waals surface area contributed by atoms with E-state index in [9.17, 15) is 9.59 Å². The Labute approximate surface area is 268 Å². The first-order valence-electron chi connectivity index (χ1n) is 14.6. The number of esters is 1. The molecule has 0 spiro atoms. The number of nitrogens with zero attached hydrogens (tertiary/aromatic N) is 1. The van der Waals surface area contributed by atoms with Gasteiger partial charge in [-0.25, -0.2) is 4.99 Å². The lowest BCUT2D eigenvalue weighted by Gasteiger charge is -2.31. The van der Waals surface area contributed by atoms with E-state index in [1.807, 2.05) is 36.4 Å². The summed E-state index contributed by atoms with van der Waals surface area (Å²) in [7, 11) is 0. The molecule has 0 saturated carbocycles. The molecule has 1 aliphatic heterocycles. The fourth-order valence-corrected chi connectivity index (χ4v) is 5.37. The van der Waals surface area contributed by atoms with Gasteiger partial charge in [0.25, 0.3) is 5.91 Å². The number of carbonyl (C=O) groups is 2. The summed E-state index contributed by atoms with van der Waals surface area (Å²) >= 11 is 12.4. The standard InChI is InChI=1S/C34H38Cl2N2O6/c1-33(2,3)44-29(40)16-18-34(32(41)37-19-17-23-10-13-26(35)22-28(23)36)30(24-8-5-4-6-9-24)43-31(38-34)25-11-14-27(15-12-25)42-21-7-20-39/h4-6,8-15,22,30,39H,7,16-21H2,1-3H3,(H,37,41)/t30-,34-/m1/s1. The Morgan fingerprint density at radius 2 is 1.77 bits per heavy atom. The van der Waals surface area contributed by atoms with Crippen LogP contribution in [0.5, 0.6) is 5.75 Å². The van der Waals surface area contributed by atoms with Gasteiger partial charge < -0.3 is 24.6 Å². The molecule has 10 heteroatoms. The highest BCUT2D eigenvalue weighted by Gasteiger charge is 2.53. The average molecular weight is 642 g/mol. The zero-order valence-corrected chi connectivity index (χ0v) is 26.7. The first-order chi connectivity index (χ1) is 21.0. The normalized spacial score (nSPS) is 17.9. The Bertz CT molecular complexity index is 1460. The van der Waals surface area contributed by atoms with E-state index in [2.05, 4.69) is 5.32 Å². The van der Waals surface area contributed by atoms with Crippen molar-refractivity contribution in [2.75, 3.05) is 19.8 Å². The van der Waals surface area contributed by atoms with E-state index in [4.69, 9.17) is 47.5 Å². The van der Waals surface area contributed by atoms with Gasteiger partial charge >= 0.3 is 5.97 Å². The van der Waals surface area contributed by atoms with E-state index >= 15 is 0 Å². The first-order valence-corrected chi connectivity index (χ1v) is 15.4. The summed E-state index contributed by atoms with van der Waals surface area (Å²) in [5, 5.41) is 13.1. The molecule has 3 aromatic carbocycles. The zero-order chi connectivity index (χ0) is 31.7. The number of carbonyl (C=O) groups excluding carboxylic acids is 2. The summed E-state index contributed by atoms with van der Waals surface area (Å²) < 4.78 is 17.7. The molecule has 2 atom stereocenters. The molecule has 0 radical (unpaired) electrons. The van der Waals surface area contributed by atoms with Crippen LogP contribution in [0.3, 0.4) is 0 Å². The van der Waals surface area contributed by atoms with Crippen molar-refractivity contribution in [1.82, 2.24) is 5.32 Å². The van der Waals surface area contributed by atoms with Crippen LogP contribution in [0.25, 0.3) is 0 Å². The highest BCUT2D eigenvalue weighted by molar-refractivity contribution is 6.35. The van der Waals surface area contributed by atoms with Crippen LogP contribution in [0.1, 0.15) is 62.8 Å². The lowest BCUT2D eigenvalue weighted by Crippen LogP contribution is -2.49. The topological polar surface area (TPSA) is 106 Å². The summed E-state index contributed by atoms with van der Waals surface area (Å²) in [6, 6.07) is 21.8. The Balaban J connectivity index is 1.66. The molecule has 4 rings (SSSR count). The maximum absolute atomic E-state index is 14.2. The lowest BCUT2D eigenvalue weighted by molar-refractivity contribution is -0.155. The molecule has 1 heterocycles. The first kappa shape index (κ1) is 33.3. The number of benzene rings is 3. The van der Waals surface area contributed by atoms with Gasteiger partial charge in [0.1, 0.15) is 11.4 Å². The SMILES string of the molecule is CC(C)(C)OC(=O)CC[C@@]1(C(=O)NCCc2ccc(Cl)cc2Cl)N=C(c2ccc(OCCCO)cc2)O[C@@H]1c1ccccc1. The van der Waals surface area contributed by atoms with Gasteiger partial charge in [-0.1, -0.05) is 59.6 Å². The van der Waals surface area contributed by atoms with Crippen molar-refractivity contribution >= 4 is 41.0 Å². The zero-order valence-electron chi connectivity index (χ0n) is 25.1. The molecule has 0 aromatic heterocycles. The predicted octanol–water partition coefficient (Wildman–Crippen LogP) is 6.49. The van der Waals surface area contributed by atoms with Crippen molar-refractivity contribution in [3.05, 3.63) is 99.5 Å². The monoisotopic (exact) mass is 640 g/mol. The van der Waals surface area contributed by atoms with Gasteiger partial charge in [-0.15, -0.1) is 0 Å². The molecule has 234 valence electrons. The number of aliphatic imine (C=N–C) groups is 1. The molecule has 0 aliphatic carbocycles. The number of rotatable bonds is 13. The number of halogens is 2. The van der Waals surface area contributed by atoms with Crippen LogP contribution in [-0.4, -0.2) is 53.8 Å². The molecule has 44 heavy (non-hydrogen) atoms. The second-order valence-corrected chi connectivity index (χ2v) is 12.4. The smallest absolute Gasteiger partial charge is 0.306 e. The van der Waals surface area contributed by atoms with Crippen molar-refractivity contribution < 1.29 is 28.9 Å². The third kappa shape index (κ3) is 8.74. The van der Waals surface area contributed by atoms with Crippen LogP contribution in [0.15, 0.2) is 77.8 Å². The molecular formula is C34H38Cl2N2O6. The van der Waals surface area contributed by atoms with Gasteiger partial charge in [-0.05, 0) is 81.1 Å². The van der Waals surface area contributed by atoms with E-state index < -0.39 is 23.2 Å². The molecule has 2 N–H and O–H groups in total. The molecule has 3 aromatic rings. The summed E-state index contributed by atoms with van der Waals surface area (Å²) in [5.74, 6) is 0.104. The Kier molecular flexibility index (Phi) is 11.3. The molecule has 1 aliphatic rings. The average Bonchev–Trinajstić information content (AvgIpc) is 3.38.